The van der Waals surface area contributed by atoms with E-state index >= 15 is 0 Å². The zero-order chi connectivity index (χ0) is 13.5. The van der Waals surface area contributed by atoms with Crippen LogP contribution in [0.3, 0.4) is 0 Å². The SMILES string of the molecule is CCCN(CC(=O)OCC)c1ncc([N+](=O)[O-])s1. The maximum Gasteiger partial charge on any atom is 0.345 e. The highest BCUT2D eigenvalue weighted by Crippen LogP contribution is 2.28. The van der Waals surface area contributed by atoms with Gasteiger partial charge >= 0.3 is 11.0 Å². The van der Waals surface area contributed by atoms with Gasteiger partial charge in [0.2, 0.25) is 0 Å². The molecule has 8 heteroatoms. The third-order valence-electron chi connectivity index (χ3n) is 2.05. The standard InChI is InChI=1S/C10H15N3O4S/c1-3-5-12(7-9(14)17-4-2)10-11-6-8(18-10)13(15)16/h6H,3-5,7H2,1-2H3. The van der Waals surface area contributed by atoms with E-state index in [2.05, 4.69) is 4.98 Å². The number of hydrogen-bond donors (Lipinski definition) is 0. The summed E-state index contributed by atoms with van der Waals surface area (Å²) in [5.41, 5.74) is 0. The molecule has 0 atom stereocenters. The first kappa shape index (κ1) is 14.4. The highest BCUT2D eigenvalue weighted by molar-refractivity contribution is 7.18. The molecule has 1 heterocycles. The number of esters is 1. The van der Waals surface area contributed by atoms with E-state index in [9.17, 15) is 14.9 Å². The fraction of sp³-hybridized carbons (Fsp3) is 0.600. The second-order valence-corrected chi connectivity index (χ2v) is 4.45. The van der Waals surface area contributed by atoms with Gasteiger partial charge in [-0.15, -0.1) is 0 Å². The Hall–Kier alpha value is -1.70. The Kier molecular flexibility index (Phi) is 5.50. The van der Waals surface area contributed by atoms with Gasteiger partial charge in [0, 0.05) is 6.54 Å². The minimum Gasteiger partial charge on any atom is -0.465 e. The van der Waals surface area contributed by atoms with E-state index < -0.39 is 4.92 Å². The normalized spacial score (nSPS) is 10.1. The van der Waals surface area contributed by atoms with Gasteiger partial charge < -0.3 is 9.64 Å². The zero-order valence-electron chi connectivity index (χ0n) is 10.3. The molecule has 7 nitrogen and oxygen atoms in total. The lowest BCUT2D eigenvalue weighted by Gasteiger charge is -2.19. The Morgan fingerprint density at radius 2 is 2.33 bits per heavy atom. The molecule has 0 fully saturated rings. The van der Waals surface area contributed by atoms with Gasteiger partial charge in [-0.1, -0.05) is 6.92 Å². The number of hydrogen-bond acceptors (Lipinski definition) is 7. The first-order valence-corrected chi connectivity index (χ1v) is 6.40. The molecule has 0 bridgehead atoms. The van der Waals surface area contributed by atoms with Crippen molar-refractivity contribution in [3.63, 3.8) is 0 Å². The molecule has 100 valence electrons. The summed E-state index contributed by atoms with van der Waals surface area (Å²) in [6, 6.07) is 0. The first-order chi connectivity index (χ1) is 8.58. The second-order valence-electron chi connectivity index (χ2n) is 3.46. The highest BCUT2D eigenvalue weighted by atomic mass is 32.1. The summed E-state index contributed by atoms with van der Waals surface area (Å²) in [6.07, 6.45) is 2.01. The van der Waals surface area contributed by atoms with Crippen LogP contribution in [0.1, 0.15) is 20.3 Å². The van der Waals surface area contributed by atoms with Crippen molar-refractivity contribution in [3.8, 4) is 0 Å². The van der Waals surface area contributed by atoms with E-state index in [-0.39, 0.29) is 17.5 Å². The van der Waals surface area contributed by atoms with Crippen LogP contribution in [0, 0.1) is 10.1 Å². The Labute approximate surface area is 109 Å². The average molecular weight is 273 g/mol. The molecule has 1 rings (SSSR count). The summed E-state index contributed by atoms with van der Waals surface area (Å²) in [5, 5.41) is 11.0. The van der Waals surface area contributed by atoms with Crippen LogP contribution in [-0.2, 0) is 9.53 Å². The van der Waals surface area contributed by atoms with Crippen LogP contribution in [-0.4, -0.2) is 35.6 Å². The number of anilines is 1. The Morgan fingerprint density at radius 1 is 1.61 bits per heavy atom. The molecular weight excluding hydrogens is 258 g/mol. The molecule has 0 aliphatic heterocycles. The summed E-state index contributed by atoms with van der Waals surface area (Å²) in [4.78, 5) is 27.2. The number of carbonyl (C=O) groups is 1. The van der Waals surface area contributed by atoms with Crippen molar-refractivity contribution in [1.82, 2.24) is 4.98 Å². The van der Waals surface area contributed by atoms with Gasteiger partial charge in [0.05, 0.1) is 11.5 Å². The van der Waals surface area contributed by atoms with Crippen molar-refractivity contribution < 1.29 is 14.5 Å². The van der Waals surface area contributed by atoms with Gasteiger partial charge in [0.1, 0.15) is 12.7 Å². The maximum atomic E-state index is 11.4. The smallest absolute Gasteiger partial charge is 0.345 e. The molecule has 0 radical (unpaired) electrons. The van der Waals surface area contributed by atoms with Crippen LogP contribution in [0.25, 0.3) is 0 Å². The van der Waals surface area contributed by atoms with E-state index in [0.29, 0.717) is 18.3 Å². The van der Waals surface area contributed by atoms with Crippen LogP contribution in [0.2, 0.25) is 0 Å². The van der Waals surface area contributed by atoms with E-state index in [1.807, 2.05) is 6.92 Å². The van der Waals surface area contributed by atoms with Crippen LogP contribution in [0.5, 0.6) is 0 Å². The molecule has 18 heavy (non-hydrogen) atoms. The number of aromatic nitrogens is 1. The molecule has 1 aromatic rings. The fourth-order valence-corrected chi connectivity index (χ4v) is 2.12. The van der Waals surface area contributed by atoms with Gasteiger partial charge in [-0.3, -0.25) is 14.9 Å². The van der Waals surface area contributed by atoms with Gasteiger partial charge in [0.15, 0.2) is 5.13 Å². The highest BCUT2D eigenvalue weighted by Gasteiger charge is 2.18. The van der Waals surface area contributed by atoms with Crippen molar-refractivity contribution in [1.29, 1.82) is 0 Å². The summed E-state index contributed by atoms with van der Waals surface area (Å²) >= 11 is 0.957. The summed E-state index contributed by atoms with van der Waals surface area (Å²) in [7, 11) is 0. The number of nitrogens with zero attached hydrogens (tertiary/aromatic N) is 3. The Balaban J connectivity index is 2.76. The number of thiazole rings is 1. The van der Waals surface area contributed by atoms with Crippen molar-refractivity contribution in [2.24, 2.45) is 0 Å². The van der Waals surface area contributed by atoms with Crippen LogP contribution < -0.4 is 4.90 Å². The van der Waals surface area contributed by atoms with E-state index in [1.54, 1.807) is 11.8 Å². The molecule has 0 saturated carbocycles. The lowest BCUT2D eigenvalue weighted by molar-refractivity contribution is -0.380. The zero-order valence-corrected chi connectivity index (χ0v) is 11.1. The van der Waals surface area contributed by atoms with Crippen molar-refractivity contribution in [2.75, 3.05) is 24.6 Å². The molecule has 0 amide bonds. The molecular formula is C10H15N3O4S. The van der Waals surface area contributed by atoms with E-state index in [4.69, 9.17) is 4.74 Å². The molecule has 0 unspecified atom stereocenters. The third kappa shape index (κ3) is 3.95. The first-order valence-electron chi connectivity index (χ1n) is 5.59. The lowest BCUT2D eigenvalue weighted by atomic mass is 10.4. The van der Waals surface area contributed by atoms with Crippen molar-refractivity contribution in [3.05, 3.63) is 16.3 Å². The minimum absolute atomic E-state index is 0.0324. The van der Waals surface area contributed by atoms with Crippen LogP contribution in [0.4, 0.5) is 10.1 Å². The largest absolute Gasteiger partial charge is 0.465 e. The van der Waals surface area contributed by atoms with Crippen LogP contribution in [0.15, 0.2) is 6.20 Å². The summed E-state index contributed by atoms with van der Waals surface area (Å²) in [6.45, 7) is 4.67. The quantitative estimate of drug-likeness (QED) is 0.428. The molecule has 0 N–H and O–H groups in total. The van der Waals surface area contributed by atoms with Gasteiger partial charge in [-0.25, -0.2) is 4.98 Å². The average Bonchev–Trinajstić information content (AvgIpc) is 2.78. The minimum atomic E-state index is -0.490. The van der Waals surface area contributed by atoms with Gasteiger partial charge in [-0.05, 0) is 24.7 Å². The van der Waals surface area contributed by atoms with Crippen molar-refractivity contribution >= 4 is 27.4 Å². The van der Waals surface area contributed by atoms with Gasteiger partial charge in [-0.2, -0.15) is 0 Å². The predicted octanol–water partition coefficient (Wildman–Crippen LogP) is 1.83. The van der Waals surface area contributed by atoms with Crippen LogP contribution >= 0.6 is 11.3 Å². The molecule has 0 aliphatic carbocycles. The fourth-order valence-electron chi connectivity index (χ4n) is 1.36. The summed E-state index contributed by atoms with van der Waals surface area (Å²) < 4.78 is 4.86. The molecule has 0 aromatic carbocycles. The maximum absolute atomic E-state index is 11.4. The number of rotatable bonds is 7. The number of ether oxygens (including phenoxy) is 1. The summed E-state index contributed by atoms with van der Waals surface area (Å²) in [5.74, 6) is -0.358. The van der Waals surface area contributed by atoms with E-state index in [1.165, 1.54) is 6.20 Å². The molecule has 0 saturated heterocycles. The topological polar surface area (TPSA) is 85.6 Å². The Bertz CT molecular complexity index is 421. The van der Waals surface area contributed by atoms with E-state index in [0.717, 1.165) is 17.8 Å². The Morgan fingerprint density at radius 3 is 2.83 bits per heavy atom. The number of carbonyl (C=O) groups excluding carboxylic acids is 1. The second kappa shape index (κ2) is 6.90. The number of nitro groups is 1. The molecule has 0 aliphatic rings. The van der Waals surface area contributed by atoms with Gasteiger partial charge in [0.25, 0.3) is 0 Å². The third-order valence-corrected chi connectivity index (χ3v) is 3.06. The predicted molar refractivity (Wildman–Crippen MR) is 67.9 cm³/mol. The van der Waals surface area contributed by atoms with Crippen molar-refractivity contribution in [2.45, 2.75) is 20.3 Å². The lowest BCUT2D eigenvalue weighted by Crippen LogP contribution is -2.31. The molecule has 0 spiro atoms. The molecule has 1 aromatic heterocycles. The monoisotopic (exact) mass is 273 g/mol.